The molecular formula is C20H14BrClFN3O2S. The Kier molecular flexibility index (Phi) is 6.96. The van der Waals surface area contributed by atoms with Crippen molar-refractivity contribution in [3.63, 3.8) is 0 Å². The fourth-order valence-corrected chi connectivity index (χ4v) is 4.16. The molecule has 0 saturated carbocycles. The Morgan fingerprint density at radius 3 is 2.72 bits per heavy atom. The molecule has 0 aliphatic carbocycles. The van der Waals surface area contributed by atoms with Gasteiger partial charge < -0.3 is 10.6 Å². The first-order valence-electron chi connectivity index (χ1n) is 8.44. The van der Waals surface area contributed by atoms with Gasteiger partial charge in [-0.15, -0.1) is 0 Å². The zero-order chi connectivity index (χ0) is 21.0. The summed E-state index contributed by atoms with van der Waals surface area (Å²) in [6, 6.07) is 13.4. The van der Waals surface area contributed by atoms with Crippen LogP contribution in [-0.4, -0.2) is 17.6 Å². The number of halogens is 3. The molecule has 1 aliphatic rings. The summed E-state index contributed by atoms with van der Waals surface area (Å²) in [5, 5.41) is 15.7. The van der Waals surface area contributed by atoms with Crippen LogP contribution in [-0.2, 0) is 9.59 Å². The molecule has 1 aliphatic heterocycles. The summed E-state index contributed by atoms with van der Waals surface area (Å²) in [7, 11) is 0. The van der Waals surface area contributed by atoms with Gasteiger partial charge in [0.2, 0.25) is 11.8 Å². The molecule has 1 heterocycles. The highest BCUT2D eigenvalue weighted by Crippen LogP contribution is 2.36. The van der Waals surface area contributed by atoms with Crippen LogP contribution in [0.4, 0.5) is 10.1 Å². The van der Waals surface area contributed by atoms with Gasteiger partial charge in [-0.2, -0.15) is 5.26 Å². The second kappa shape index (κ2) is 9.44. The smallest absolute Gasteiger partial charge is 0.234 e. The van der Waals surface area contributed by atoms with Gasteiger partial charge in [0.15, 0.2) is 0 Å². The number of nitriles is 1. The number of carbonyl (C=O) groups excluding carboxylic acids is 2. The lowest BCUT2D eigenvalue weighted by atomic mass is 9.87. The number of carbonyl (C=O) groups is 2. The number of thioether (sulfide) groups is 1. The van der Waals surface area contributed by atoms with Crippen LogP contribution >= 0.6 is 39.3 Å². The third-order valence-corrected chi connectivity index (χ3v) is 5.94. The average Bonchev–Trinajstić information content (AvgIpc) is 2.68. The maximum absolute atomic E-state index is 13.9. The summed E-state index contributed by atoms with van der Waals surface area (Å²) in [5.41, 5.74) is 1.22. The quantitative estimate of drug-likeness (QED) is 0.616. The fourth-order valence-electron chi connectivity index (χ4n) is 2.83. The van der Waals surface area contributed by atoms with E-state index in [1.165, 1.54) is 12.1 Å². The number of hydrogen-bond acceptors (Lipinski definition) is 4. The summed E-state index contributed by atoms with van der Waals surface area (Å²) in [4.78, 5) is 24.4. The second-order valence-electron chi connectivity index (χ2n) is 6.17. The third kappa shape index (κ3) is 5.38. The molecule has 5 nitrogen and oxygen atoms in total. The summed E-state index contributed by atoms with van der Waals surface area (Å²) >= 11 is 10.1. The predicted octanol–water partition coefficient (Wildman–Crippen LogP) is 4.95. The van der Waals surface area contributed by atoms with Gasteiger partial charge >= 0.3 is 0 Å². The SMILES string of the molecule is N#CC1=C(SCC(=O)Nc2ccc(Br)cc2F)NC(=O)C[C@@H]1c1ccc(Cl)cc1. The van der Waals surface area contributed by atoms with E-state index in [2.05, 4.69) is 32.6 Å². The van der Waals surface area contributed by atoms with Crippen molar-refractivity contribution >= 4 is 56.8 Å². The zero-order valence-electron chi connectivity index (χ0n) is 14.8. The van der Waals surface area contributed by atoms with Gasteiger partial charge in [-0.3, -0.25) is 9.59 Å². The molecule has 9 heteroatoms. The number of benzene rings is 2. The normalized spacial score (nSPS) is 16.2. The van der Waals surface area contributed by atoms with E-state index in [0.29, 0.717) is 20.1 Å². The first kappa shape index (κ1) is 21.4. The van der Waals surface area contributed by atoms with Crippen LogP contribution in [0.3, 0.4) is 0 Å². The van der Waals surface area contributed by atoms with Crippen molar-refractivity contribution in [1.29, 1.82) is 5.26 Å². The molecule has 0 unspecified atom stereocenters. The standard InChI is InChI=1S/C20H14BrClFN3O2S/c21-12-3-6-17(16(23)7-12)25-19(28)10-29-20-15(9-24)14(8-18(27)26-20)11-1-4-13(22)5-2-11/h1-7,14H,8,10H2,(H,25,28)(H,26,27)/t14-/m1/s1. The highest BCUT2D eigenvalue weighted by molar-refractivity contribution is 9.10. The van der Waals surface area contributed by atoms with Crippen LogP contribution in [0.1, 0.15) is 17.9 Å². The van der Waals surface area contributed by atoms with E-state index in [1.807, 2.05) is 0 Å². The number of allylic oxidation sites excluding steroid dienone is 1. The van der Waals surface area contributed by atoms with Crippen LogP contribution < -0.4 is 10.6 Å². The molecule has 2 N–H and O–H groups in total. The number of amides is 2. The molecule has 0 fully saturated rings. The van der Waals surface area contributed by atoms with Crippen molar-refractivity contribution in [3.8, 4) is 6.07 Å². The summed E-state index contributed by atoms with van der Waals surface area (Å²) in [6.45, 7) is 0. The Morgan fingerprint density at radius 2 is 2.07 bits per heavy atom. The first-order valence-corrected chi connectivity index (χ1v) is 10.6. The molecule has 1 atom stereocenters. The molecule has 2 amide bonds. The van der Waals surface area contributed by atoms with Gasteiger partial charge in [0.1, 0.15) is 5.82 Å². The Bertz CT molecular complexity index is 1040. The lowest BCUT2D eigenvalue weighted by Gasteiger charge is -2.25. The minimum Gasteiger partial charge on any atom is -0.323 e. The molecule has 29 heavy (non-hydrogen) atoms. The minimum absolute atomic E-state index is 0.0556. The number of nitrogens with zero attached hydrogens (tertiary/aromatic N) is 1. The molecule has 0 aromatic heterocycles. The summed E-state index contributed by atoms with van der Waals surface area (Å²) < 4.78 is 14.4. The third-order valence-electron chi connectivity index (χ3n) is 4.18. The maximum Gasteiger partial charge on any atom is 0.234 e. The van der Waals surface area contributed by atoms with Gasteiger partial charge in [-0.05, 0) is 35.9 Å². The van der Waals surface area contributed by atoms with Gasteiger partial charge in [0, 0.05) is 21.8 Å². The molecule has 0 radical (unpaired) electrons. The molecule has 2 aromatic carbocycles. The van der Waals surface area contributed by atoms with Crippen molar-refractivity contribution < 1.29 is 14.0 Å². The zero-order valence-corrected chi connectivity index (χ0v) is 18.0. The molecule has 2 aromatic rings. The number of nitrogens with one attached hydrogen (secondary N) is 2. The second-order valence-corrected chi connectivity index (χ2v) is 8.51. The van der Waals surface area contributed by atoms with Gasteiger partial charge in [-0.1, -0.05) is 51.4 Å². The number of rotatable bonds is 5. The highest BCUT2D eigenvalue weighted by atomic mass is 79.9. The monoisotopic (exact) mass is 493 g/mol. The summed E-state index contributed by atoms with van der Waals surface area (Å²) in [5.74, 6) is -1.78. The lowest BCUT2D eigenvalue weighted by molar-refractivity contribution is -0.121. The Labute approximate surface area is 184 Å². The van der Waals surface area contributed by atoms with Crippen LogP contribution in [0.15, 0.2) is 57.5 Å². The predicted molar refractivity (Wildman–Crippen MR) is 115 cm³/mol. The number of hydrogen-bond donors (Lipinski definition) is 2. The Balaban J connectivity index is 1.75. The molecule has 148 valence electrons. The Morgan fingerprint density at radius 1 is 1.34 bits per heavy atom. The topological polar surface area (TPSA) is 82.0 Å². The van der Waals surface area contributed by atoms with E-state index in [4.69, 9.17) is 11.6 Å². The fraction of sp³-hybridized carbons (Fsp3) is 0.150. The molecule has 3 rings (SSSR count). The van der Waals surface area contributed by atoms with E-state index < -0.39 is 17.6 Å². The molecular weight excluding hydrogens is 481 g/mol. The van der Waals surface area contributed by atoms with Crippen LogP contribution in [0.2, 0.25) is 5.02 Å². The van der Waals surface area contributed by atoms with Crippen molar-refractivity contribution in [2.24, 2.45) is 0 Å². The molecule has 0 spiro atoms. The van der Waals surface area contributed by atoms with Crippen LogP contribution in [0.25, 0.3) is 0 Å². The van der Waals surface area contributed by atoms with Crippen LogP contribution in [0, 0.1) is 17.1 Å². The first-order chi connectivity index (χ1) is 13.9. The van der Waals surface area contributed by atoms with Gasteiger partial charge in [-0.25, -0.2) is 4.39 Å². The van der Waals surface area contributed by atoms with Crippen molar-refractivity contribution in [2.45, 2.75) is 12.3 Å². The largest absolute Gasteiger partial charge is 0.323 e. The van der Waals surface area contributed by atoms with Crippen LogP contribution in [0.5, 0.6) is 0 Å². The van der Waals surface area contributed by atoms with E-state index in [0.717, 1.165) is 17.3 Å². The van der Waals surface area contributed by atoms with E-state index in [1.54, 1.807) is 30.3 Å². The van der Waals surface area contributed by atoms with Crippen molar-refractivity contribution in [3.05, 3.63) is 73.9 Å². The molecule has 0 saturated heterocycles. The van der Waals surface area contributed by atoms with E-state index in [-0.39, 0.29) is 23.8 Å². The minimum atomic E-state index is -0.566. The van der Waals surface area contributed by atoms with Gasteiger partial charge in [0.05, 0.1) is 28.1 Å². The van der Waals surface area contributed by atoms with Crippen molar-refractivity contribution in [2.75, 3.05) is 11.1 Å². The van der Waals surface area contributed by atoms with Gasteiger partial charge in [0.25, 0.3) is 0 Å². The molecule has 0 bridgehead atoms. The van der Waals surface area contributed by atoms with E-state index in [9.17, 15) is 19.2 Å². The van der Waals surface area contributed by atoms with E-state index >= 15 is 0 Å². The summed E-state index contributed by atoms with van der Waals surface area (Å²) in [6.07, 6.45) is 0.130. The Hall–Kier alpha value is -2.34. The average molecular weight is 495 g/mol. The number of anilines is 1. The maximum atomic E-state index is 13.9. The van der Waals surface area contributed by atoms with Crippen molar-refractivity contribution in [1.82, 2.24) is 5.32 Å². The highest BCUT2D eigenvalue weighted by Gasteiger charge is 2.29. The lowest BCUT2D eigenvalue weighted by Crippen LogP contribution is -2.31.